The van der Waals surface area contributed by atoms with Crippen molar-refractivity contribution in [2.75, 3.05) is 7.11 Å². The van der Waals surface area contributed by atoms with E-state index in [9.17, 15) is 24.0 Å². The molecule has 0 saturated carbocycles. The summed E-state index contributed by atoms with van der Waals surface area (Å²) in [6, 6.07) is 3.28. The van der Waals surface area contributed by atoms with Crippen LogP contribution < -0.4 is 4.74 Å². The van der Waals surface area contributed by atoms with E-state index in [2.05, 4.69) is 0 Å². The summed E-state index contributed by atoms with van der Waals surface area (Å²) in [6.07, 6.45) is -1.37. The van der Waals surface area contributed by atoms with Crippen LogP contribution >= 0.6 is 0 Å². The normalized spacial score (nSPS) is 19.1. The molecule has 2 aliphatic heterocycles. The summed E-state index contributed by atoms with van der Waals surface area (Å²) in [4.78, 5) is 64.2. The molecule has 1 atom stereocenters. The van der Waals surface area contributed by atoms with Gasteiger partial charge in [-0.05, 0) is 39.3 Å². The van der Waals surface area contributed by atoms with Crippen LogP contribution in [0.4, 0.5) is 9.50 Å². The van der Waals surface area contributed by atoms with Gasteiger partial charge in [-0.3, -0.25) is 28.8 Å². The number of ether oxygens (including phenoxy) is 2. The first-order valence-corrected chi connectivity index (χ1v) is 8.71. The number of amides is 5. The molecular weight excluding hydrogens is 387 g/mol. The van der Waals surface area contributed by atoms with Gasteiger partial charge in [0.05, 0.1) is 18.2 Å². The highest BCUT2D eigenvalue weighted by Gasteiger charge is 2.50. The van der Waals surface area contributed by atoms with Gasteiger partial charge in [-0.15, -0.1) is 0 Å². The number of methoxy groups -OCH3 is 1. The van der Waals surface area contributed by atoms with E-state index in [1.165, 1.54) is 19.2 Å². The molecule has 1 saturated heterocycles. The number of nitrogens with zero attached hydrogens (tertiary/aromatic N) is 2. The van der Waals surface area contributed by atoms with Crippen molar-refractivity contribution < 1.29 is 38.2 Å². The first-order valence-electron chi connectivity index (χ1n) is 8.71. The van der Waals surface area contributed by atoms with Crippen molar-refractivity contribution in [3.05, 3.63) is 29.3 Å². The van der Waals surface area contributed by atoms with Gasteiger partial charge in [-0.1, -0.05) is 6.07 Å². The van der Waals surface area contributed by atoms with E-state index in [1.54, 1.807) is 26.8 Å². The van der Waals surface area contributed by atoms with Crippen molar-refractivity contribution in [3.63, 3.8) is 0 Å². The summed E-state index contributed by atoms with van der Waals surface area (Å²) in [7, 11) is 1.37. The van der Waals surface area contributed by atoms with Gasteiger partial charge in [-0.2, -0.15) is 4.90 Å². The minimum absolute atomic E-state index is 0. The summed E-state index contributed by atoms with van der Waals surface area (Å²) in [5.74, 6) is -2.85. The molecule has 2 aliphatic rings. The van der Waals surface area contributed by atoms with Crippen molar-refractivity contribution in [1.82, 2.24) is 9.80 Å². The van der Waals surface area contributed by atoms with Crippen LogP contribution in [-0.4, -0.2) is 58.3 Å². The molecule has 2 heterocycles. The van der Waals surface area contributed by atoms with E-state index in [0.29, 0.717) is 4.90 Å². The largest absolute Gasteiger partial charge is 0.496 e. The Morgan fingerprint density at radius 3 is 2.34 bits per heavy atom. The number of fused-ring (bicyclic) bond motifs is 1. The first-order chi connectivity index (χ1) is 13.1. The minimum atomic E-state index is -1.28. The second-order valence-corrected chi connectivity index (χ2v) is 7.47. The lowest BCUT2D eigenvalue weighted by Crippen LogP contribution is -2.58. The Labute approximate surface area is 165 Å². The summed E-state index contributed by atoms with van der Waals surface area (Å²) in [5, 5.41) is 0. The second-order valence-electron chi connectivity index (χ2n) is 7.47. The average molecular weight is 408 g/mol. The molecule has 0 radical (unpaired) electrons. The molecule has 1 aromatic carbocycles. The zero-order valence-electron chi connectivity index (χ0n) is 16.4. The summed E-state index contributed by atoms with van der Waals surface area (Å²) < 4.78 is 10.3. The molecule has 1 unspecified atom stereocenters. The number of carbonyl (C=O) groups excluding carboxylic acids is 5. The highest BCUT2D eigenvalue weighted by molar-refractivity contribution is 6.25. The molecule has 9 nitrogen and oxygen atoms in total. The third kappa shape index (κ3) is 3.69. The van der Waals surface area contributed by atoms with Gasteiger partial charge in [0.15, 0.2) is 0 Å². The molecule has 156 valence electrons. The van der Waals surface area contributed by atoms with E-state index in [4.69, 9.17) is 9.47 Å². The maximum Gasteiger partial charge on any atom is 0.424 e. The number of likely N-dealkylation sites (tertiary alicyclic amines) is 1. The highest BCUT2D eigenvalue weighted by atomic mass is 19.0. The Hall–Kier alpha value is -3.30. The van der Waals surface area contributed by atoms with Gasteiger partial charge >= 0.3 is 6.09 Å². The zero-order valence-corrected chi connectivity index (χ0v) is 16.4. The van der Waals surface area contributed by atoms with Crippen molar-refractivity contribution in [3.8, 4) is 5.75 Å². The minimum Gasteiger partial charge on any atom is -0.496 e. The number of carbonyl (C=O) groups is 5. The topological polar surface area (TPSA) is 110 Å². The number of rotatable bonds is 2. The van der Waals surface area contributed by atoms with Crippen LogP contribution in [0.3, 0.4) is 0 Å². The molecule has 0 aromatic heterocycles. The van der Waals surface area contributed by atoms with Crippen LogP contribution in [0.5, 0.6) is 5.75 Å². The van der Waals surface area contributed by atoms with Crippen LogP contribution in [0.1, 0.15) is 54.3 Å². The van der Waals surface area contributed by atoms with Gasteiger partial charge in [0.2, 0.25) is 5.91 Å². The molecule has 0 bridgehead atoms. The Balaban J connectivity index is 0.00000300. The lowest BCUT2D eigenvalue weighted by Gasteiger charge is -2.34. The maximum atomic E-state index is 12.9. The number of hydrogen-bond donors (Lipinski definition) is 0. The maximum absolute atomic E-state index is 12.9. The molecule has 3 rings (SSSR count). The summed E-state index contributed by atoms with van der Waals surface area (Å²) >= 11 is 0. The van der Waals surface area contributed by atoms with Gasteiger partial charge in [0.25, 0.3) is 17.7 Å². The Morgan fingerprint density at radius 1 is 1.10 bits per heavy atom. The third-order valence-electron chi connectivity index (χ3n) is 4.40. The first kappa shape index (κ1) is 22.0. The Kier molecular flexibility index (Phi) is 5.77. The SMILES string of the molecule is COc1cccc2c1C(=O)N(C1CCC(=O)N(C(=O)OC(C)(C)C)C1=O)C2=O.F. The summed E-state index contributed by atoms with van der Waals surface area (Å²) in [5.41, 5.74) is -0.755. The number of imide groups is 4. The predicted octanol–water partition coefficient (Wildman–Crippen LogP) is 1.90. The van der Waals surface area contributed by atoms with E-state index in [-0.39, 0.29) is 34.4 Å². The second kappa shape index (κ2) is 7.61. The lowest BCUT2D eigenvalue weighted by atomic mass is 10.0. The molecule has 0 N–H and O–H groups in total. The summed E-state index contributed by atoms with van der Waals surface area (Å²) in [6.45, 7) is 4.78. The zero-order chi connectivity index (χ0) is 20.8. The van der Waals surface area contributed by atoms with Gasteiger partial charge in [-0.25, -0.2) is 4.79 Å². The molecule has 0 spiro atoms. The van der Waals surface area contributed by atoms with Crippen molar-refractivity contribution >= 4 is 29.7 Å². The lowest BCUT2D eigenvalue weighted by molar-refractivity contribution is -0.149. The molecule has 10 heteroatoms. The molecule has 0 aliphatic carbocycles. The van der Waals surface area contributed by atoms with Crippen molar-refractivity contribution in [2.45, 2.75) is 45.3 Å². The smallest absolute Gasteiger partial charge is 0.424 e. The van der Waals surface area contributed by atoms with E-state index in [0.717, 1.165) is 4.90 Å². The number of piperidine rings is 1. The monoisotopic (exact) mass is 408 g/mol. The van der Waals surface area contributed by atoms with Crippen LogP contribution in [0, 0.1) is 0 Å². The highest BCUT2D eigenvalue weighted by Crippen LogP contribution is 2.34. The number of benzene rings is 1. The molecule has 1 fully saturated rings. The fourth-order valence-corrected chi connectivity index (χ4v) is 3.23. The van der Waals surface area contributed by atoms with Gasteiger partial charge < -0.3 is 9.47 Å². The van der Waals surface area contributed by atoms with Crippen LogP contribution in [0.25, 0.3) is 0 Å². The average Bonchev–Trinajstić information content (AvgIpc) is 2.85. The fraction of sp³-hybridized carbons (Fsp3) is 0.421. The van der Waals surface area contributed by atoms with E-state index >= 15 is 0 Å². The fourth-order valence-electron chi connectivity index (χ4n) is 3.23. The standard InChI is InChI=1S/C19H20N2O7.FH/c1-19(2,3)28-18(26)21-13(22)9-8-11(16(21)24)20-15(23)10-6-5-7-12(27-4)14(10)17(20)25;/h5-7,11H,8-9H2,1-4H3;1H. The quantitative estimate of drug-likeness (QED) is 0.687. The van der Waals surface area contributed by atoms with Gasteiger partial charge in [0.1, 0.15) is 17.4 Å². The molecule has 5 amide bonds. The Morgan fingerprint density at radius 2 is 1.76 bits per heavy atom. The van der Waals surface area contributed by atoms with Crippen LogP contribution in [-0.2, 0) is 14.3 Å². The van der Waals surface area contributed by atoms with Crippen molar-refractivity contribution in [2.24, 2.45) is 0 Å². The van der Waals surface area contributed by atoms with Crippen LogP contribution in [0.15, 0.2) is 18.2 Å². The van der Waals surface area contributed by atoms with Crippen LogP contribution in [0.2, 0.25) is 0 Å². The Bertz CT molecular complexity index is 906. The molecular formula is C19H21FN2O7. The number of halogens is 1. The van der Waals surface area contributed by atoms with E-state index < -0.39 is 41.4 Å². The predicted molar refractivity (Wildman–Crippen MR) is 97.1 cm³/mol. The number of hydrogen-bond acceptors (Lipinski definition) is 7. The third-order valence-corrected chi connectivity index (χ3v) is 4.40. The van der Waals surface area contributed by atoms with Crippen molar-refractivity contribution in [1.29, 1.82) is 0 Å². The molecule has 29 heavy (non-hydrogen) atoms. The molecule has 1 aromatic rings. The van der Waals surface area contributed by atoms with Gasteiger partial charge in [0, 0.05) is 6.42 Å². The van der Waals surface area contributed by atoms with E-state index in [1.807, 2.05) is 0 Å².